The van der Waals surface area contributed by atoms with Gasteiger partial charge in [-0.25, -0.2) is 13.2 Å². The van der Waals surface area contributed by atoms with Crippen molar-refractivity contribution < 1.29 is 18.3 Å². The molecule has 2 rings (SSSR count). The number of aryl methyl sites for hydroxylation is 1. The van der Waals surface area contributed by atoms with E-state index in [-0.39, 0.29) is 16.2 Å². The van der Waals surface area contributed by atoms with Crippen molar-refractivity contribution in [3.05, 3.63) is 63.6 Å². The third-order valence-electron chi connectivity index (χ3n) is 2.99. The summed E-state index contributed by atoms with van der Waals surface area (Å²) in [5.41, 5.74) is 1.65. The number of hydrogen-bond donors (Lipinski definition) is 1. The molecule has 0 aliphatic rings. The van der Waals surface area contributed by atoms with E-state index in [1.165, 1.54) is 18.2 Å². The quantitative estimate of drug-likeness (QED) is 0.896. The van der Waals surface area contributed by atoms with Gasteiger partial charge in [0.2, 0.25) is 0 Å². The van der Waals surface area contributed by atoms with Crippen molar-refractivity contribution in [3.8, 4) is 0 Å². The molecule has 110 valence electrons. The molecule has 0 bridgehead atoms. The molecule has 1 N–H and O–H groups in total. The van der Waals surface area contributed by atoms with E-state index >= 15 is 0 Å². The number of sulfone groups is 1. The highest BCUT2D eigenvalue weighted by atomic mass is 79.9. The predicted octanol–water partition coefficient (Wildman–Crippen LogP) is 3.43. The second-order valence-corrected chi connectivity index (χ2v) is 7.51. The fourth-order valence-electron chi connectivity index (χ4n) is 1.86. The Hall–Kier alpha value is -1.66. The number of rotatable bonds is 4. The van der Waals surface area contributed by atoms with E-state index < -0.39 is 15.8 Å². The van der Waals surface area contributed by atoms with Crippen LogP contribution in [0.15, 0.2) is 51.8 Å². The van der Waals surface area contributed by atoms with Gasteiger partial charge in [0, 0.05) is 4.47 Å². The highest BCUT2D eigenvalue weighted by Crippen LogP contribution is 2.26. The van der Waals surface area contributed by atoms with E-state index in [9.17, 15) is 13.2 Å². The normalized spacial score (nSPS) is 11.3. The van der Waals surface area contributed by atoms with Crippen molar-refractivity contribution in [2.45, 2.75) is 17.6 Å². The Morgan fingerprint density at radius 2 is 1.76 bits per heavy atom. The maximum atomic E-state index is 12.5. The van der Waals surface area contributed by atoms with Crippen molar-refractivity contribution in [2.75, 3.05) is 0 Å². The Kier molecular flexibility index (Phi) is 4.49. The lowest BCUT2D eigenvalue weighted by molar-refractivity contribution is 0.0696. The van der Waals surface area contributed by atoms with Crippen molar-refractivity contribution in [3.63, 3.8) is 0 Å². The second kappa shape index (κ2) is 5.99. The van der Waals surface area contributed by atoms with Gasteiger partial charge in [-0.15, -0.1) is 0 Å². The molecule has 0 aliphatic heterocycles. The van der Waals surface area contributed by atoms with Crippen molar-refractivity contribution in [1.29, 1.82) is 0 Å². The van der Waals surface area contributed by atoms with Crippen LogP contribution in [0.5, 0.6) is 0 Å². The van der Waals surface area contributed by atoms with Crippen LogP contribution in [0.1, 0.15) is 21.5 Å². The first kappa shape index (κ1) is 15.7. The molecule has 0 aliphatic carbocycles. The molecule has 2 aromatic rings. The molecule has 0 unspecified atom stereocenters. The third-order valence-corrected chi connectivity index (χ3v) is 5.67. The lowest BCUT2D eigenvalue weighted by Crippen LogP contribution is -2.08. The minimum Gasteiger partial charge on any atom is -0.478 e. The average molecular weight is 369 g/mol. The molecule has 0 saturated heterocycles. The SMILES string of the molecule is Cc1ccc(CS(=O)(=O)c2cc(C(=O)O)ccc2Br)cc1. The van der Waals surface area contributed by atoms with Crippen LogP contribution in [-0.4, -0.2) is 19.5 Å². The van der Waals surface area contributed by atoms with Crippen LogP contribution < -0.4 is 0 Å². The summed E-state index contributed by atoms with van der Waals surface area (Å²) < 4.78 is 25.3. The largest absolute Gasteiger partial charge is 0.478 e. The lowest BCUT2D eigenvalue weighted by Gasteiger charge is -2.08. The standard InChI is InChI=1S/C15H13BrO4S/c1-10-2-4-11(5-3-10)9-21(19,20)14-8-12(15(17)18)6-7-13(14)16/h2-8H,9H2,1H3,(H,17,18). The van der Waals surface area contributed by atoms with Gasteiger partial charge in [-0.05, 0) is 46.6 Å². The number of carboxylic acid groups (broad SMARTS) is 1. The fraction of sp³-hybridized carbons (Fsp3) is 0.133. The summed E-state index contributed by atoms with van der Waals surface area (Å²) in [6.07, 6.45) is 0. The Balaban J connectivity index is 2.41. The van der Waals surface area contributed by atoms with Crippen LogP contribution in [0.3, 0.4) is 0 Å². The molecule has 0 radical (unpaired) electrons. The summed E-state index contributed by atoms with van der Waals surface area (Å²) >= 11 is 3.17. The zero-order valence-corrected chi connectivity index (χ0v) is 13.6. The van der Waals surface area contributed by atoms with Gasteiger partial charge in [0.1, 0.15) is 0 Å². The summed E-state index contributed by atoms with van der Waals surface area (Å²) in [7, 11) is -3.62. The highest BCUT2D eigenvalue weighted by molar-refractivity contribution is 9.10. The molecule has 2 aromatic carbocycles. The number of carboxylic acids is 1. The molecule has 0 heterocycles. The van der Waals surface area contributed by atoms with Crippen LogP contribution in [0.2, 0.25) is 0 Å². The van der Waals surface area contributed by atoms with E-state index in [1.54, 1.807) is 12.1 Å². The van der Waals surface area contributed by atoms with Gasteiger partial charge in [0.15, 0.2) is 9.84 Å². The Morgan fingerprint density at radius 1 is 1.14 bits per heavy atom. The summed E-state index contributed by atoms with van der Waals surface area (Å²) in [4.78, 5) is 11.0. The van der Waals surface area contributed by atoms with Crippen LogP contribution in [0, 0.1) is 6.92 Å². The topological polar surface area (TPSA) is 71.4 Å². The number of carbonyl (C=O) groups is 1. The number of aromatic carboxylic acids is 1. The summed E-state index contributed by atoms with van der Waals surface area (Å²) in [6, 6.07) is 11.2. The molecule has 0 aromatic heterocycles. The number of hydrogen-bond acceptors (Lipinski definition) is 3. The van der Waals surface area contributed by atoms with E-state index in [1.807, 2.05) is 19.1 Å². The first-order chi connectivity index (χ1) is 9.79. The van der Waals surface area contributed by atoms with Gasteiger partial charge < -0.3 is 5.11 Å². The maximum Gasteiger partial charge on any atom is 0.335 e. The zero-order chi connectivity index (χ0) is 15.6. The Labute approximate surface area is 131 Å². The van der Waals surface area contributed by atoms with E-state index in [0.717, 1.165) is 5.56 Å². The monoisotopic (exact) mass is 368 g/mol. The highest BCUT2D eigenvalue weighted by Gasteiger charge is 2.20. The fourth-order valence-corrected chi connectivity index (χ4v) is 4.30. The van der Waals surface area contributed by atoms with Crippen LogP contribution >= 0.6 is 15.9 Å². The van der Waals surface area contributed by atoms with E-state index in [2.05, 4.69) is 15.9 Å². The van der Waals surface area contributed by atoms with Crippen LogP contribution in [0.4, 0.5) is 0 Å². The third kappa shape index (κ3) is 3.71. The molecular formula is C15H13BrO4S. The number of halogens is 1. The molecule has 0 saturated carbocycles. The molecule has 4 nitrogen and oxygen atoms in total. The van der Waals surface area contributed by atoms with Gasteiger partial charge >= 0.3 is 5.97 Å². The lowest BCUT2D eigenvalue weighted by atomic mass is 10.2. The summed E-state index contributed by atoms with van der Waals surface area (Å²) in [6.45, 7) is 1.92. The van der Waals surface area contributed by atoms with E-state index in [0.29, 0.717) is 10.0 Å². The van der Waals surface area contributed by atoms with Crippen molar-refractivity contribution in [2.24, 2.45) is 0 Å². The number of benzene rings is 2. The van der Waals surface area contributed by atoms with Gasteiger partial charge in [-0.1, -0.05) is 29.8 Å². The molecule has 0 spiro atoms. The van der Waals surface area contributed by atoms with Crippen LogP contribution in [-0.2, 0) is 15.6 Å². The summed E-state index contributed by atoms with van der Waals surface area (Å²) in [5.74, 6) is -1.33. The van der Waals surface area contributed by atoms with Gasteiger partial charge in [-0.3, -0.25) is 0 Å². The van der Waals surface area contributed by atoms with Gasteiger partial charge in [0.25, 0.3) is 0 Å². The van der Waals surface area contributed by atoms with Gasteiger partial charge in [-0.2, -0.15) is 0 Å². The van der Waals surface area contributed by atoms with Crippen molar-refractivity contribution >= 4 is 31.7 Å². The molecule has 0 atom stereocenters. The van der Waals surface area contributed by atoms with Gasteiger partial charge in [0.05, 0.1) is 16.2 Å². The maximum absolute atomic E-state index is 12.5. The Bertz CT molecular complexity index is 780. The smallest absolute Gasteiger partial charge is 0.335 e. The molecule has 0 amide bonds. The van der Waals surface area contributed by atoms with E-state index in [4.69, 9.17) is 5.11 Å². The molecule has 0 fully saturated rings. The van der Waals surface area contributed by atoms with Crippen LogP contribution in [0.25, 0.3) is 0 Å². The second-order valence-electron chi connectivity index (χ2n) is 4.70. The minimum atomic E-state index is -3.62. The molecule has 6 heteroatoms. The van der Waals surface area contributed by atoms with Crippen molar-refractivity contribution in [1.82, 2.24) is 0 Å². The predicted molar refractivity (Wildman–Crippen MR) is 83.2 cm³/mol. The first-order valence-electron chi connectivity index (χ1n) is 6.11. The molecule has 21 heavy (non-hydrogen) atoms. The first-order valence-corrected chi connectivity index (χ1v) is 8.55. The average Bonchev–Trinajstić information content (AvgIpc) is 2.41. The summed E-state index contributed by atoms with van der Waals surface area (Å²) in [5, 5.41) is 8.98. The minimum absolute atomic E-state index is 0.0111. The zero-order valence-electron chi connectivity index (χ0n) is 11.2. The molecular weight excluding hydrogens is 356 g/mol. The Morgan fingerprint density at radius 3 is 2.33 bits per heavy atom.